The van der Waals surface area contributed by atoms with Gasteiger partial charge in [0.1, 0.15) is 17.5 Å². The van der Waals surface area contributed by atoms with Crippen LogP contribution in [0.1, 0.15) is 41.8 Å². The van der Waals surface area contributed by atoms with E-state index in [0.717, 1.165) is 60.0 Å². The summed E-state index contributed by atoms with van der Waals surface area (Å²) in [5.41, 5.74) is 10.1. The van der Waals surface area contributed by atoms with Gasteiger partial charge >= 0.3 is 0 Å². The lowest BCUT2D eigenvalue weighted by atomic mass is 10.2. The number of fused-ring (bicyclic) bond motifs is 1. The van der Waals surface area contributed by atoms with Crippen LogP contribution < -0.4 is 10.6 Å². The number of aryl methyl sites for hydroxylation is 2. The molecule has 0 bridgehead atoms. The molecule has 1 saturated heterocycles. The zero-order valence-electron chi connectivity index (χ0n) is 14.8. The number of hydrogen-bond donors (Lipinski definition) is 2. The van der Waals surface area contributed by atoms with E-state index in [9.17, 15) is 0 Å². The van der Waals surface area contributed by atoms with Crippen molar-refractivity contribution in [3.8, 4) is 0 Å². The van der Waals surface area contributed by atoms with E-state index < -0.39 is 0 Å². The molecule has 130 valence electrons. The van der Waals surface area contributed by atoms with Gasteiger partial charge in [0.15, 0.2) is 0 Å². The van der Waals surface area contributed by atoms with E-state index in [-0.39, 0.29) is 6.04 Å². The summed E-state index contributed by atoms with van der Waals surface area (Å²) in [6, 6.07) is 8.57. The van der Waals surface area contributed by atoms with Crippen molar-refractivity contribution in [3.63, 3.8) is 0 Å². The lowest BCUT2D eigenvalue weighted by molar-refractivity contribution is 0.669. The van der Waals surface area contributed by atoms with E-state index >= 15 is 0 Å². The molecule has 1 aromatic carbocycles. The smallest absolute Gasteiger partial charge is 0.133 e. The average molecular weight is 336 g/mol. The summed E-state index contributed by atoms with van der Waals surface area (Å²) in [5, 5.41) is 0. The van der Waals surface area contributed by atoms with Gasteiger partial charge < -0.3 is 15.6 Å². The van der Waals surface area contributed by atoms with E-state index in [2.05, 4.69) is 51.0 Å². The average Bonchev–Trinajstić information content (AvgIpc) is 3.22. The highest BCUT2D eigenvalue weighted by atomic mass is 15.3. The topological polar surface area (TPSA) is 83.7 Å². The lowest BCUT2D eigenvalue weighted by Gasteiger charge is -2.24. The second kappa shape index (κ2) is 6.44. The van der Waals surface area contributed by atoms with Crippen LogP contribution in [0.15, 0.2) is 24.3 Å². The van der Waals surface area contributed by atoms with E-state index in [1.165, 1.54) is 5.56 Å². The summed E-state index contributed by atoms with van der Waals surface area (Å²) in [5.74, 6) is 2.81. The van der Waals surface area contributed by atoms with Crippen molar-refractivity contribution in [2.75, 3.05) is 18.0 Å². The molecular formula is C19H24N6. The van der Waals surface area contributed by atoms with Gasteiger partial charge in [0.05, 0.1) is 17.1 Å². The molecule has 1 aliphatic rings. The summed E-state index contributed by atoms with van der Waals surface area (Å²) >= 11 is 0. The maximum atomic E-state index is 5.70. The van der Waals surface area contributed by atoms with Crippen LogP contribution in [0, 0.1) is 13.8 Å². The summed E-state index contributed by atoms with van der Waals surface area (Å²) in [6.45, 7) is 5.63. The Morgan fingerprint density at radius 3 is 2.92 bits per heavy atom. The highest BCUT2D eigenvalue weighted by Crippen LogP contribution is 2.35. The van der Waals surface area contributed by atoms with Crippen LogP contribution >= 0.6 is 0 Å². The Balaban J connectivity index is 1.71. The minimum Gasteiger partial charge on any atom is -0.346 e. The second-order valence-electron chi connectivity index (χ2n) is 6.75. The molecule has 3 heterocycles. The fourth-order valence-electron chi connectivity index (χ4n) is 3.71. The number of nitrogens with zero attached hydrogens (tertiary/aromatic N) is 4. The third-order valence-corrected chi connectivity index (χ3v) is 4.87. The molecule has 1 fully saturated rings. The molecule has 0 aliphatic carbocycles. The monoisotopic (exact) mass is 336 g/mol. The summed E-state index contributed by atoms with van der Waals surface area (Å²) in [7, 11) is 0. The maximum absolute atomic E-state index is 5.70. The molecule has 4 rings (SSSR count). The molecule has 3 N–H and O–H groups in total. The fourth-order valence-corrected chi connectivity index (χ4v) is 3.71. The van der Waals surface area contributed by atoms with Gasteiger partial charge in [-0.25, -0.2) is 15.0 Å². The first-order valence-corrected chi connectivity index (χ1v) is 8.92. The van der Waals surface area contributed by atoms with Crippen molar-refractivity contribution < 1.29 is 0 Å². The number of H-pyrrole nitrogens is 1. The van der Waals surface area contributed by atoms with Gasteiger partial charge in [-0.15, -0.1) is 0 Å². The number of imidazole rings is 1. The number of nitrogens with one attached hydrogen (secondary N) is 1. The van der Waals surface area contributed by atoms with Crippen molar-refractivity contribution in [1.29, 1.82) is 0 Å². The Bertz CT molecular complexity index is 900. The van der Waals surface area contributed by atoms with Crippen molar-refractivity contribution in [1.82, 2.24) is 19.9 Å². The maximum Gasteiger partial charge on any atom is 0.133 e. The Hall–Kier alpha value is -2.47. The molecule has 6 nitrogen and oxygen atoms in total. The summed E-state index contributed by atoms with van der Waals surface area (Å²) in [6.07, 6.45) is 2.99. The molecular weight excluding hydrogens is 312 g/mol. The van der Waals surface area contributed by atoms with Gasteiger partial charge in [0, 0.05) is 24.7 Å². The molecule has 3 aromatic rings. The van der Waals surface area contributed by atoms with E-state index in [4.69, 9.17) is 10.7 Å². The number of anilines is 1. The molecule has 25 heavy (non-hydrogen) atoms. The predicted octanol–water partition coefficient (Wildman–Crippen LogP) is 2.81. The highest BCUT2D eigenvalue weighted by molar-refractivity contribution is 5.78. The Labute approximate surface area is 147 Å². The molecule has 2 aromatic heterocycles. The van der Waals surface area contributed by atoms with Crippen molar-refractivity contribution in [3.05, 3.63) is 47.2 Å². The molecule has 0 radical (unpaired) electrons. The van der Waals surface area contributed by atoms with Gasteiger partial charge in [-0.05, 0) is 44.9 Å². The zero-order chi connectivity index (χ0) is 17.4. The predicted molar refractivity (Wildman–Crippen MR) is 99.7 cm³/mol. The van der Waals surface area contributed by atoms with Crippen LogP contribution in [0.25, 0.3) is 11.0 Å². The molecule has 1 unspecified atom stereocenters. The molecule has 0 spiro atoms. The largest absolute Gasteiger partial charge is 0.346 e. The van der Waals surface area contributed by atoms with Gasteiger partial charge in [-0.3, -0.25) is 0 Å². The third-order valence-electron chi connectivity index (χ3n) is 4.87. The number of aromatic amines is 1. The van der Waals surface area contributed by atoms with E-state index in [1.54, 1.807) is 0 Å². The van der Waals surface area contributed by atoms with Crippen molar-refractivity contribution in [2.45, 2.75) is 39.2 Å². The first kappa shape index (κ1) is 16.0. The Morgan fingerprint density at radius 2 is 2.12 bits per heavy atom. The standard InChI is InChI=1S/C19H24N6/c1-12-5-3-6-15-18(12)24-19(23-15)16-7-4-10-25(16)17-11-14(8-9-20)21-13(2)22-17/h3,5-6,11,16H,4,7-10,20H2,1-2H3,(H,23,24). The number of benzene rings is 1. The quantitative estimate of drug-likeness (QED) is 0.765. The van der Waals surface area contributed by atoms with Crippen molar-refractivity contribution >= 4 is 16.9 Å². The molecule has 0 saturated carbocycles. The van der Waals surface area contributed by atoms with E-state index in [1.807, 2.05) is 6.92 Å². The first-order valence-electron chi connectivity index (χ1n) is 8.92. The van der Waals surface area contributed by atoms with Crippen LogP contribution in [-0.4, -0.2) is 33.0 Å². The molecule has 6 heteroatoms. The first-order chi connectivity index (χ1) is 12.2. The number of aromatic nitrogens is 4. The highest BCUT2D eigenvalue weighted by Gasteiger charge is 2.30. The number of nitrogens with two attached hydrogens (primary N) is 1. The second-order valence-corrected chi connectivity index (χ2v) is 6.75. The lowest BCUT2D eigenvalue weighted by Crippen LogP contribution is -2.25. The van der Waals surface area contributed by atoms with Crippen LogP contribution in [-0.2, 0) is 6.42 Å². The fraction of sp³-hybridized carbons (Fsp3) is 0.421. The van der Waals surface area contributed by atoms with Gasteiger partial charge in [-0.2, -0.15) is 0 Å². The summed E-state index contributed by atoms with van der Waals surface area (Å²) < 4.78 is 0. The molecule has 1 atom stereocenters. The normalized spacial score (nSPS) is 17.6. The Kier molecular flexibility index (Phi) is 4.13. The van der Waals surface area contributed by atoms with Crippen LogP contribution in [0.3, 0.4) is 0 Å². The number of hydrogen-bond acceptors (Lipinski definition) is 5. The van der Waals surface area contributed by atoms with Crippen LogP contribution in [0.4, 0.5) is 5.82 Å². The van der Waals surface area contributed by atoms with Crippen LogP contribution in [0.5, 0.6) is 0 Å². The molecule has 0 amide bonds. The zero-order valence-corrected chi connectivity index (χ0v) is 14.8. The van der Waals surface area contributed by atoms with Gasteiger partial charge in [0.25, 0.3) is 0 Å². The number of rotatable bonds is 4. The molecule has 1 aliphatic heterocycles. The van der Waals surface area contributed by atoms with Crippen molar-refractivity contribution in [2.24, 2.45) is 5.73 Å². The minimum absolute atomic E-state index is 0.229. The minimum atomic E-state index is 0.229. The van der Waals surface area contributed by atoms with Gasteiger partial charge in [0.2, 0.25) is 0 Å². The van der Waals surface area contributed by atoms with E-state index in [0.29, 0.717) is 6.54 Å². The Morgan fingerprint density at radius 1 is 1.24 bits per heavy atom. The van der Waals surface area contributed by atoms with Gasteiger partial charge in [-0.1, -0.05) is 12.1 Å². The third kappa shape index (κ3) is 2.98. The SMILES string of the molecule is Cc1nc(CCN)cc(N2CCCC2c2nc3c(C)cccc3[nH]2)n1. The van der Waals surface area contributed by atoms with Crippen LogP contribution in [0.2, 0.25) is 0 Å². The summed E-state index contributed by atoms with van der Waals surface area (Å²) in [4.78, 5) is 19.9. The number of para-hydroxylation sites is 1.